The van der Waals surface area contributed by atoms with Crippen LogP contribution in [-0.2, 0) is 9.59 Å². The van der Waals surface area contributed by atoms with E-state index in [1.54, 1.807) is 12.1 Å². The zero-order valence-corrected chi connectivity index (χ0v) is 21.5. The van der Waals surface area contributed by atoms with E-state index in [-0.39, 0.29) is 5.57 Å². The van der Waals surface area contributed by atoms with E-state index in [1.165, 1.54) is 6.08 Å². The number of barbiturate groups is 1. The fourth-order valence-corrected chi connectivity index (χ4v) is 4.61. The minimum absolute atomic E-state index is 0.119. The summed E-state index contributed by atoms with van der Waals surface area (Å²) in [5.41, 5.74) is 7.24. The molecule has 2 aromatic carbocycles. The van der Waals surface area contributed by atoms with E-state index < -0.39 is 17.8 Å². The Kier molecular flexibility index (Phi) is 6.03. The van der Waals surface area contributed by atoms with Crippen molar-refractivity contribution in [3.63, 3.8) is 0 Å². The number of nitrogens with one attached hydrogen (secondary N) is 1. The van der Waals surface area contributed by atoms with Gasteiger partial charge in [-0.25, -0.2) is 14.4 Å². The first kappa shape index (κ1) is 23.6. The van der Waals surface area contributed by atoms with Crippen molar-refractivity contribution in [3.8, 4) is 5.69 Å². The monoisotopic (exact) mass is 520 g/mol. The van der Waals surface area contributed by atoms with Crippen molar-refractivity contribution in [2.75, 3.05) is 4.90 Å². The Bertz CT molecular complexity index is 1420. The Labute approximate surface area is 206 Å². The van der Waals surface area contributed by atoms with Crippen molar-refractivity contribution in [1.29, 1.82) is 0 Å². The quantitative estimate of drug-likeness (QED) is 0.382. The van der Waals surface area contributed by atoms with Crippen LogP contribution in [0.3, 0.4) is 0 Å². The van der Waals surface area contributed by atoms with Crippen molar-refractivity contribution in [3.05, 3.63) is 79.6 Å². The van der Waals surface area contributed by atoms with E-state index in [0.29, 0.717) is 16.9 Å². The molecule has 1 aliphatic heterocycles. The number of imide groups is 2. The highest BCUT2D eigenvalue weighted by atomic mass is 79.9. The first-order valence-electron chi connectivity index (χ1n) is 10.8. The molecule has 0 radical (unpaired) electrons. The van der Waals surface area contributed by atoms with Gasteiger partial charge in [0.25, 0.3) is 11.8 Å². The van der Waals surface area contributed by atoms with Gasteiger partial charge in [0.2, 0.25) is 0 Å². The van der Waals surface area contributed by atoms with Gasteiger partial charge in [-0.1, -0.05) is 33.6 Å². The molecule has 0 aliphatic carbocycles. The Morgan fingerprint density at radius 2 is 1.59 bits per heavy atom. The number of amides is 4. The normalized spacial score (nSPS) is 15.3. The van der Waals surface area contributed by atoms with Gasteiger partial charge >= 0.3 is 6.03 Å². The molecular weight excluding hydrogens is 496 g/mol. The summed E-state index contributed by atoms with van der Waals surface area (Å²) in [6.45, 7) is 11.5. The summed E-state index contributed by atoms with van der Waals surface area (Å²) >= 11 is 3.47. The highest BCUT2D eigenvalue weighted by molar-refractivity contribution is 9.10. The summed E-state index contributed by atoms with van der Waals surface area (Å²) in [6.07, 6.45) is 1.52. The van der Waals surface area contributed by atoms with Gasteiger partial charge in [-0.3, -0.25) is 14.9 Å². The molecule has 0 atom stereocenters. The van der Waals surface area contributed by atoms with Crippen LogP contribution in [0.4, 0.5) is 10.5 Å². The fraction of sp³-hybridized carbons (Fsp3) is 0.231. The molecule has 1 N–H and O–H groups in total. The Morgan fingerprint density at radius 1 is 0.912 bits per heavy atom. The molecule has 2 heterocycles. The van der Waals surface area contributed by atoms with Gasteiger partial charge in [0, 0.05) is 15.7 Å². The average Bonchev–Trinajstić information content (AvgIpc) is 3.04. The third kappa shape index (κ3) is 3.88. The maximum Gasteiger partial charge on any atom is 0.335 e. The maximum atomic E-state index is 13.4. The molecule has 8 heteroatoms. The molecule has 0 spiro atoms. The van der Waals surface area contributed by atoms with Crippen LogP contribution in [0.1, 0.15) is 39.2 Å². The van der Waals surface area contributed by atoms with Crippen LogP contribution in [0.5, 0.6) is 0 Å². The summed E-state index contributed by atoms with van der Waals surface area (Å²) in [7, 11) is 0. The van der Waals surface area contributed by atoms with Gasteiger partial charge in [-0.05, 0) is 82.5 Å². The Balaban J connectivity index is 1.81. The van der Waals surface area contributed by atoms with Gasteiger partial charge in [-0.15, -0.1) is 0 Å². The minimum Gasteiger partial charge on any atom is -0.273 e. The molecule has 1 aromatic heterocycles. The van der Waals surface area contributed by atoms with Crippen LogP contribution in [0, 0.1) is 41.5 Å². The van der Waals surface area contributed by atoms with Crippen LogP contribution in [0.15, 0.2) is 40.4 Å². The van der Waals surface area contributed by atoms with Crippen LogP contribution >= 0.6 is 15.9 Å². The molecule has 174 valence electrons. The first-order chi connectivity index (χ1) is 16.0. The molecule has 1 aliphatic rings. The van der Waals surface area contributed by atoms with E-state index >= 15 is 0 Å². The predicted molar refractivity (Wildman–Crippen MR) is 135 cm³/mol. The third-order valence-electron chi connectivity index (χ3n) is 6.25. The van der Waals surface area contributed by atoms with Crippen molar-refractivity contribution >= 4 is 45.5 Å². The average molecular weight is 521 g/mol. The molecule has 0 unspecified atom stereocenters. The van der Waals surface area contributed by atoms with Crippen LogP contribution in [-0.4, -0.2) is 27.6 Å². The molecule has 0 bridgehead atoms. The lowest BCUT2D eigenvalue weighted by Crippen LogP contribution is -2.54. The highest BCUT2D eigenvalue weighted by Gasteiger charge is 2.38. The zero-order valence-electron chi connectivity index (χ0n) is 19.9. The van der Waals surface area contributed by atoms with Crippen molar-refractivity contribution in [1.82, 2.24) is 15.1 Å². The standard InChI is InChI=1S/C26H25BrN4O3/c1-13-7-9-22(14(2)11-13)31-18(6)19(17(5)29-31)12-20-24(32)28-26(34)30(25(20)33)23-10-8-21(27)15(3)16(23)4/h7-12H,1-6H3,(H,28,32,34)/b20-12+. The first-order valence-corrected chi connectivity index (χ1v) is 11.6. The predicted octanol–water partition coefficient (Wildman–Crippen LogP) is 5.15. The molecule has 4 rings (SSSR count). The van der Waals surface area contributed by atoms with E-state index in [2.05, 4.69) is 32.4 Å². The summed E-state index contributed by atoms with van der Waals surface area (Å²) in [6, 6.07) is 8.79. The highest BCUT2D eigenvalue weighted by Crippen LogP contribution is 2.31. The van der Waals surface area contributed by atoms with Gasteiger partial charge in [0.05, 0.1) is 17.1 Å². The van der Waals surface area contributed by atoms with Crippen LogP contribution in [0.2, 0.25) is 0 Å². The van der Waals surface area contributed by atoms with Gasteiger partial charge < -0.3 is 0 Å². The molecular formula is C26H25BrN4O3. The second-order valence-corrected chi connectivity index (χ2v) is 9.41. The van der Waals surface area contributed by atoms with Gasteiger partial charge in [0.1, 0.15) is 5.57 Å². The lowest BCUT2D eigenvalue weighted by molar-refractivity contribution is -0.122. The second kappa shape index (κ2) is 8.68. The number of carbonyl (C=O) groups is 3. The minimum atomic E-state index is -0.767. The Morgan fingerprint density at radius 3 is 2.26 bits per heavy atom. The number of benzene rings is 2. The number of anilines is 1. The number of hydrogen-bond donors (Lipinski definition) is 1. The van der Waals surface area contributed by atoms with E-state index in [0.717, 1.165) is 43.0 Å². The summed E-state index contributed by atoms with van der Waals surface area (Å²) in [5.74, 6) is -1.40. The second-order valence-electron chi connectivity index (χ2n) is 8.56. The third-order valence-corrected chi connectivity index (χ3v) is 7.11. The number of aromatic nitrogens is 2. The lowest BCUT2D eigenvalue weighted by Gasteiger charge is -2.28. The molecule has 0 saturated carbocycles. The molecule has 34 heavy (non-hydrogen) atoms. The van der Waals surface area contributed by atoms with E-state index in [4.69, 9.17) is 0 Å². The Hall–Kier alpha value is -3.52. The van der Waals surface area contributed by atoms with E-state index in [9.17, 15) is 14.4 Å². The van der Waals surface area contributed by atoms with Crippen LogP contribution < -0.4 is 10.2 Å². The number of rotatable bonds is 3. The number of carbonyl (C=O) groups excluding carboxylic acids is 3. The summed E-state index contributed by atoms with van der Waals surface area (Å²) < 4.78 is 2.68. The number of halogens is 1. The molecule has 3 aromatic rings. The lowest BCUT2D eigenvalue weighted by atomic mass is 10.0. The number of hydrogen-bond acceptors (Lipinski definition) is 4. The van der Waals surface area contributed by atoms with Gasteiger partial charge in [-0.2, -0.15) is 5.10 Å². The van der Waals surface area contributed by atoms with Crippen molar-refractivity contribution in [2.24, 2.45) is 0 Å². The topological polar surface area (TPSA) is 84.3 Å². The number of urea groups is 1. The zero-order chi connectivity index (χ0) is 24.9. The maximum absolute atomic E-state index is 13.4. The van der Waals surface area contributed by atoms with Gasteiger partial charge in [0.15, 0.2) is 0 Å². The molecule has 1 saturated heterocycles. The SMILES string of the molecule is Cc1ccc(-n2nc(C)c(/C=C3\C(=O)NC(=O)N(c4ccc(Br)c(C)c4C)C3=O)c2C)c(C)c1. The van der Waals surface area contributed by atoms with Crippen LogP contribution in [0.25, 0.3) is 11.8 Å². The number of nitrogens with zero attached hydrogens (tertiary/aromatic N) is 3. The molecule has 4 amide bonds. The fourth-order valence-electron chi connectivity index (χ4n) is 4.18. The summed E-state index contributed by atoms with van der Waals surface area (Å²) in [5, 5.41) is 6.96. The largest absolute Gasteiger partial charge is 0.335 e. The van der Waals surface area contributed by atoms with Crippen molar-refractivity contribution in [2.45, 2.75) is 41.5 Å². The smallest absolute Gasteiger partial charge is 0.273 e. The molecule has 7 nitrogen and oxygen atoms in total. The number of aryl methyl sites for hydroxylation is 3. The van der Waals surface area contributed by atoms with Crippen molar-refractivity contribution < 1.29 is 14.4 Å². The summed E-state index contributed by atoms with van der Waals surface area (Å²) in [4.78, 5) is 39.8. The molecule has 1 fully saturated rings. The van der Waals surface area contributed by atoms with E-state index in [1.807, 2.05) is 58.4 Å².